The molecule has 20 heavy (non-hydrogen) atoms. The smallest absolute Gasteiger partial charge is 0.178 e. The molecule has 0 fully saturated rings. The minimum absolute atomic E-state index is 0.0861. The first-order valence-corrected chi connectivity index (χ1v) is 7.66. The van der Waals surface area contributed by atoms with Gasteiger partial charge in [-0.25, -0.2) is 4.39 Å². The summed E-state index contributed by atoms with van der Waals surface area (Å²) in [5.74, 6) is -0.245. The van der Waals surface area contributed by atoms with Crippen LogP contribution >= 0.6 is 23.6 Å². The third kappa shape index (κ3) is 2.11. The average molecular weight is 306 g/mol. The summed E-state index contributed by atoms with van der Waals surface area (Å²) >= 11 is 7.19. The van der Waals surface area contributed by atoms with Crippen molar-refractivity contribution in [2.75, 3.05) is 0 Å². The Morgan fingerprint density at radius 3 is 2.70 bits per heavy atom. The molecule has 3 rings (SSSR count). The standard InChI is InChI=1S/C15H15FN2S2/c1-8-6-12(10(3)20-8)9(2)18-14-7-11(16)4-5-13(14)17-15(18)19/h4-7,9H,1-3H3,(H,17,19). The Bertz CT molecular complexity index is 841. The predicted octanol–water partition coefficient (Wildman–Crippen LogP) is 5.13. The molecule has 0 bridgehead atoms. The van der Waals surface area contributed by atoms with Crippen molar-refractivity contribution in [2.45, 2.75) is 26.8 Å². The highest BCUT2D eigenvalue weighted by atomic mass is 32.1. The maximum absolute atomic E-state index is 13.5. The second-order valence-electron chi connectivity index (χ2n) is 5.01. The maximum atomic E-state index is 13.5. The summed E-state index contributed by atoms with van der Waals surface area (Å²) in [6.07, 6.45) is 0. The Labute approximate surface area is 125 Å². The Morgan fingerprint density at radius 2 is 2.05 bits per heavy atom. The normalized spacial score (nSPS) is 13.0. The van der Waals surface area contributed by atoms with Crippen molar-refractivity contribution in [2.24, 2.45) is 0 Å². The summed E-state index contributed by atoms with van der Waals surface area (Å²) in [6.45, 7) is 6.31. The first kappa shape index (κ1) is 13.5. The van der Waals surface area contributed by atoms with E-state index in [9.17, 15) is 4.39 Å². The average Bonchev–Trinajstić information content (AvgIpc) is 2.87. The molecular formula is C15H15FN2S2. The van der Waals surface area contributed by atoms with Gasteiger partial charge in [0.2, 0.25) is 0 Å². The fourth-order valence-corrected chi connectivity index (χ4v) is 4.07. The molecule has 104 valence electrons. The van der Waals surface area contributed by atoms with Crippen LogP contribution in [0, 0.1) is 24.4 Å². The number of rotatable bonds is 2. The number of nitrogens with zero attached hydrogens (tertiary/aromatic N) is 1. The van der Waals surface area contributed by atoms with Crippen LogP contribution in [-0.4, -0.2) is 9.55 Å². The molecule has 0 aliphatic heterocycles. The molecule has 0 spiro atoms. The first-order chi connectivity index (χ1) is 9.47. The highest BCUT2D eigenvalue weighted by Crippen LogP contribution is 2.31. The first-order valence-electron chi connectivity index (χ1n) is 6.44. The van der Waals surface area contributed by atoms with E-state index in [0.717, 1.165) is 11.0 Å². The predicted molar refractivity (Wildman–Crippen MR) is 84.7 cm³/mol. The summed E-state index contributed by atoms with van der Waals surface area (Å²) in [7, 11) is 0. The minimum Gasteiger partial charge on any atom is -0.331 e. The van der Waals surface area contributed by atoms with E-state index in [4.69, 9.17) is 12.2 Å². The topological polar surface area (TPSA) is 20.7 Å². The molecular weight excluding hydrogens is 291 g/mol. The van der Waals surface area contributed by atoms with Gasteiger partial charge in [0, 0.05) is 9.75 Å². The van der Waals surface area contributed by atoms with Gasteiger partial charge in [-0.05, 0) is 62.8 Å². The molecule has 0 saturated carbocycles. The molecule has 0 aliphatic rings. The van der Waals surface area contributed by atoms with E-state index in [1.54, 1.807) is 17.4 Å². The second-order valence-corrected chi connectivity index (χ2v) is 6.85. The lowest BCUT2D eigenvalue weighted by atomic mass is 10.1. The number of aromatic nitrogens is 2. The number of hydrogen-bond donors (Lipinski definition) is 1. The van der Waals surface area contributed by atoms with Crippen LogP contribution in [0.25, 0.3) is 11.0 Å². The molecule has 3 aromatic rings. The molecule has 0 radical (unpaired) electrons. The van der Waals surface area contributed by atoms with E-state index in [0.29, 0.717) is 4.77 Å². The molecule has 2 aromatic heterocycles. The fraction of sp³-hybridized carbons (Fsp3) is 0.267. The van der Waals surface area contributed by atoms with E-state index in [-0.39, 0.29) is 11.9 Å². The molecule has 0 aliphatic carbocycles. The van der Waals surface area contributed by atoms with E-state index in [1.807, 2.05) is 4.57 Å². The van der Waals surface area contributed by atoms with Crippen molar-refractivity contribution < 1.29 is 4.39 Å². The quantitative estimate of drug-likeness (QED) is 0.651. The van der Waals surface area contributed by atoms with Gasteiger partial charge >= 0.3 is 0 Å². The third-order valence-corrected chi connectivity index (χ3v) is 4.88. The van der Waals surface area contributed by atoms with Gasteiger partial charge < -0.3 is 9.55 Å². The lowest BCUT2D eigenvalue weighted by molar-refractivity contribution is 0.622. The Hall–Kier alpha value is -1.46. The van der Waals surface area contributed by atoms with Crippen molar-refractivity contribution in [1.29, 1.82) is 0 Å². The molecule has 5 heteroatoms. The Morgan fingerprint density at radius 1 is 1.30 bits per heavy atom. The number of hydrogen-bond acceptors (Lipinski definition) is 2. The lowest BCUT2D eigenvalue weighted by Crippen LogP contribution is -2.07. The lowest BCUT2D eigenvalue weighted by Gasteiger charge is -2.14. The van der Waals surface area contributed by atoms with Crippen LogP contribution in [0.15, 0.2) is 24.3 Å². The summed E-state index contributed by atoms with van der Waals surface area (Å²) in [4.78, 5) is 5.71. The molecule has 0 amide bonds. The van der Waals surface area contributed by atoms with Gasteiger partial charge in [0.25, 0.3) is 0 Å². The van der Waals surface area contributed by atoms with E-state index in [1.165, 1.54) is 27.5 Å². The number of H-pyrrole nitrogens is 1. The number of aryl methyl sites for hydroxylation is 2. The number of imidazole rings is 1. The van der Waals surface area contributed by atoms with Crippen molar-refractivity contribution in [3.63, 3.8) is 0 Å². The van der Waals surface area contributed by atoms with Crippen molar-refractivity contribution >= 4 is 34.6 Å². The van der Waals surface area contributed by atoms with Gasteiger partial charge in [0.15, 0.2) is 4.77 Å². The molecule has 1 N–H and O–H groups in total. The zero-order chi connectivity index (χ0) is 14.4. The van der Waals surface area contributed by atoms with Crippen LogP contribution in [0.5, 0.6) is 0 Å². The van der Waals surface area contributed by atoms with Gasteiger partial charge in [-0.1, -0.05) is 0 Å². The van der Waals surface area contributed by atoms with Crippen LogP contribution in [0.2, 0.25) is 0 Å². The molecule has 2 heterocycles. The zero-order valence-electron chi connectivity index (χ0n) is 11.5. The summed E-state index contributed by atoms with van der Waals surface area (Å²) < 4.78 is 16.1. The highest BCUT2D eigenvalue weighted by Gasteiger charge is 2.17. The highest BCUT2D eigenvalue weighted by molar-refractivity contribution is 7.71. The van der Waals surface area contributed by atoms with Crippen LogP contribution in [0.4, 0.5) is 4.39 Å². The number of fused-ring (bicyclic) bond motifs is 1. The summed E-state index contributed by atoms with van der Waals surface area (Å²) in [6, 6.07) is 6.98. The minimum atomic E-state index is -0.245. The number of benzene rings is 1. The van der Waals surface area contributed by atoms with E-state index < -0.39 is 0 Å². The largest absolute Gasteiger partial charge is 0.331 e. The summed E-state index contributed by atoms with van der Waals surface area (Å²) in [5.41, 5.74) is 2.92. The number of thiophene rings is 1. The van der Waals surface area contributed by atoms with Crippen LogP contribution in [-0.2, 0) is 0 Å². The summed E-state index contributed by atoms with van der Waals surface area (Å²) in [5, 5.41) is 0. The van der Waals surface area contributed by atoms with E-state index >= 15 is 0 Å². The van der Waals surface area contributed by atoms with Crippen LogP contribution < -0.4 is 0 Å². The van der Waals surface area contributed by atoms with Gasteiger partial charge in [0.1, 0.15) is 5.82 Å². The number of halogens is 1. The molecule has 1 atom stereocenters. The SMILES string of the molecule is Cc1cc(C(C)n2c(=S)[nH]c3ccc(F)cc32)c(C)s1. The fourth-order valence-electron chi connectivity index (χ4n) is 2.68. The van der Waals surface area contributed by atoms with Crippen molar-refractivity contribution in [1.82, 2.24) is 9.55 Å². The Kier molecular flexibility index (Phi) is 3.26. The van der Waals surface area contributed by atoms with Crippen LogP contribution in [0.3, 0.4) is 0 Å². The molecule has 1 aromatic carbocycles. The molecule has 1 unspecified atom stereocenters. The number of nitrogens with one attached hydrogen (secondary N) is 1. The van der Waals surface area contributed by atoms with Gasteiger partial charge in [-0.3, -0.25) is 0 Å². The third-order valence-electron chi connectivity index (χ3n) is 3.60. The van der Waals surface area contributed by atoms with Gasteiger partial charge in [-0.15, -0.1) is 11.3 Å². The zero-order valence-corrected chi connectivity index (χ0v) is 13.2. The molecule has 0 saturated heterocycles. The monoisotopic (exact) mass is 306 g/mol. The van der Waals surface area contributed by atoms with Gasteiger partial charge in [-0.2, -0.15) is 0 Å². The number of aromatic amines is 1. The van der Waals surface area contributed by atoms with Crippen LogP contribution in [0.1, 0.15) is 28.3 Å². The second kappa shape index (κ2) is 4.82. The van der Waals surface area contributed by atoms with E-state index in [2.05, 4.69) is 31.8 Å². The van der Waals surface area contributed by atoms with Crippen molar-refractivity contribution in [3.8, 4) is 0 Å². The van der Waals surface area contributed by atoms with Gasteiger partial charge in [0.05, 0.1) is 17.1 Å². The Balaban J connectivity index is 2.23. The van der Waals surface area contributed by atoms with Crippen molar-refractivity contribution in [3.05, 3.63) is 50.2 Å². The maximum Gasteiger partial charge on any atom is 0.178 e. The molecule has 2 nitrogen and oxygen atoms in total.